The van der Waals surface area contributed by atoms with E-state index in [1.165, 1.54) is 0 Å². The molecular weight excluding hydrogens is 498 g/mol. The van der Waals surface area contributed by atoms with E-state index in [0.29, 0.717) is 76.9 Å². The van der Waals surface area contributed by atoms with Crippen LogP contribution < -0.4 is 5.32 Å². The molecule has 2 saturated heterocycles. The summed E-state index contributed by atoms with van der Waals surface area (Å²) in [7, 11) is 1.63. The first-order chi connectivity index (χ1) is 17.5. The number of imidazole rings is 1. The van der Waals surface area contributed by atoms with Crippen LogP contribution in [-0.4, -0.2) is 103 Å². The lowest BCUT2D eigenvalue weighted by Crippen LogP contribution is -2.56. The highest BCUT2D eigenvalue weighted by molar-refractivity contribution is 5.94. The molecule has 0 spiro atoms. The fourth-order valence-corrected chi connectivity index (χ4v) is 4.98. The lowest BCUT2D eigenvalue weighted by molar-refractivity contribution is -0.140. The van der Waals surface area contributed by atoms with Gasteiger partial charge in [0.05, 0.1) is 44.6 Å². The van der Waals surface area contributed by atoms with Crippen LogP contribution in [0.1, 0.15) is 36.5 Å². The number of piperidine rings is 1. The van der Waals surface area contributed by atoms with E-state index in [1.807, 2.05) is 38.6 Å². The summed E-state index contributed by atoms with van der Waals surface area (Å²) in [6.45, 7) is 9.65. The molecule has 2 aliphatic rings. The van der Waals surface area contributed by atoms with E-state index in [-0.39, 0.29) is 48.7 Å². The standard InChI is InChI=1S/C26H39N5O5.ClH/c1-19(2)17-31(21-14-20(15-27-16-21)25(32)29-8-10-35-11-9-29)26(33)24-22(18-36-13-12-34-3)30-7-5-4-6-23(30)28-24;/h4-7,19-21,27H,8-18H2,1-3H3;1H/t20-,21+;/m1./s1. The summed E-state index contributed by atoms with van der Waals surface area (Å²) in [5.74, 6) is 0.126. The number of hydrogen-bond donors (Lipinski definition) is 1. The van der Waals surface area contributed by atoms with Crippen LogP contribution in [0.2, 0.25) is 0 Å². The molecule has 0 bridgehead atoms. The van der Waals surface area contributed by atoms with Gasteiger partial charge in [-0.2, -0.15) is 0 Å². The Labute approximate surface area is 225 Å². The molecule has 0 saturated carbocycles. The maximum Gasteiger partial charge on any atom is 0.274 e. The van der Waals surface area contributed by atoms with Gasteiger partial charge >= 0.3 is 0 Å². The second-order valence-corrected chi connectivity index (χ2v) is 9.92. The predicted octanol–water partition coefficient (Wildman–Crippen LogP) is 1.85. The Hall–Kier alpha value is -2.24. The van der Waals surface area contributed by atoms with Crippen LogP contribution in [0.15, 0.2) is 24.4 Å². The first-order valence-electron chi connectivity index (χ1n) is 12.9. The van der Waals surface area contributed by atoms with Gasteiger partial charge in [-0.25, -0.2) is 4.98 Å². The van der Waals surface area contributed by atoms with E-state index >= 15 is 0 Å². The number of ether oxygens (including phenoxy) is 3. The molecule has 0 unspecified atom stereocenters. The van der Waals surface area contributed by atoms with E-state index in [9.17, 15) is 9.59 Å². The van der Waals surface area contributed by atoms with Crippen molar-refractivity contribution in [2.24, 2.45) is 11.8 Å². The average Bonchev–Trinajstić information content (AvgIpc) is 3.28. The minimum atomic E-state index is -0.165. The quantitative estimate of drug-likeness (QED) is 0.462. The highest BCUT2D eigenvalue weighted by atomic mass is 35.5. The zero-order valence-electron chi connectivity index (χ0n) is 22.1. The van der Waals surface area contributed by atoms with Gasteiger partial charge in [-0.15, -0.1) is 12.4 Å². The Morgan fingerprint density at radius 2 is 2.00 bits per heavy atom. The lowest BCUT2D eigenvalue weighted by Gasteiger charge is -2.40. The van der Waals surface area contributed by atoms with Crippen LogP contribution in [-0.2, 0) is 25.6 Å². The Bertz CT molecular complexity index is 1030. The number of hydrogen-bond acceptors (Lipinski definition) is 7. The van der Waals surface area contributed by atoms with Crippen molar-refractivity contribution in [2.75, 3.05) is 66.3 Å². The average molecular weight is 538 g/mol. The molecule has 2 aliphatic heterocycles. The van der Waals surface area contributed by atoms with Gasteiger partial charge in [0, 0.05) is 52.1 Å². The summed E-state index contributed by atoms with van der Waals surface area (Å²) in [6, 6.07) is 5.61. The molecule has 2 aromatic heterocycles. The Morgan fingerprint density at radius 3 is 2.73 bits per heavy atom. The summed E-state index contributed by atoms with van der Waals surface area (Å²) >= 11 is 0. The van der Waals surface area contributed by atoms with Gasteiger partial charge in [0.2, 0.25) is 5.91 Å². The maximum atomic E-state index is 14.1. The van der Waals surface area contributed by atoms with Gasteiger partial charge in [0.25, 0.3) is 5.91 Å². The van der Waals surface area contributed by atoms with Gasteiger partial charge in [0.15, 0.2) is 5.69 Å². The second kappa shape index (κ2) is 14.1. The largest absolute Gasteiger partial charge is 0.382 e. The molecule has 2 amide bonds. The van der Waals surface area contributed by atoms with Gasteiger partial charge in [-0.1, -0.05) is 19.9 Å². The van der Waals surface area contributed by atoms with Crippen molar-refractivity contribution in [3.63, 3.8) is 0 Å². The molecule has 0 aromatic carbocycles. The van der Waals surface area contributed by atoms with Crippen LogP contribution in [0.4, 0.5) is 0 Å². The van der Waals surface area contributed by atoms with E-state index in [4.69, 9.17) is 19.2 Å². The van der Waals surface area contributed by atoms with Crippen LogP contribution >= 0.6 is 12.4 Å². The van der Waals surface area contributed by atoms with E-state index in [1.54, 1.807) is 7.11 Å². The topological polar surface area (TPSA) is 97.6 Å². The third kappa shape index (κ3) is 7.20. The molecule has 10 nitrogen and oxygen atoms in total. The zero-order chi connectivity index (χ0) is 25.5. The van der Waals surface area contributed by atoms with Gasteiger partial charge in [-0.05, 0) is 24.5 Å². The highest BCUT2D eigenvalue weighted by Crippen LogP contribution is 2.24. The van der Waals surface area contributed by atoms with Crippen molar-refractivity contribution in [1.82, 2.24) is 24.5 Å². The number of rotatable bonds is 10. The first-order valence-corrected chi connectivity index (χ1v) is 12.9. The highest BCUT2D eigenvalue weighted by Gasteiger charge is 2.36. The van der Waals surface area contributed by atoms with Gasteiger partial charge < -0.3 is 33.7 Å². The van der Waals surface area contributed by atoms with Crippen LogP contribution in [0, 0.1) is 11.8 Å². The van der Waals surface area contributed by atoms with Crippen molar-refractivity contribution >= 4 is 29.9 Å². The fraction of sp³-hybridized carbons (Fsp3) is 0.654. The molecule has 2 atom stereocenters. The number of nitrogens with one attached hydrogen (secondary N) is 1. The van der Waals surface area contributed by atoms with Crippen molar-refractivity contribution < 1.29 is 23.8 Å². The number of pyridine rings is 1. The van der Waals surface area contributed by atoms with Crippen molar-refractivity contribution in [1.29, 1.82) is 0 Å². The van der Waals surface area contributed by atoms with Crippen LogP contribution in [0.5, 0.6) is 0 Å². The molecule has 206 valence electrons. The smallest absolute Gasteiger partial charge is 0.274 e. The molecule has 11 heteroatoms. The van der Waals surface area contributed by atoms with Gasteiger partial charge in [-0.3, -0.25) is 9.59 Å². The summed E-state index contributed by atoms with van der Waals surface area (Å²) in [4.78, 5) is 35.8. The summed E-state index contributed by atoms with van der Waals surface area (Å²) in [6.07, 6.45) is 2.54. The maximum absolute atomic E-state index is 14.1. The third-order valence-electron chi connectivity index (χ3n) is 6.76. The zero-order valence-corrected chi connectivity index (χ0v) is 22.9. The molecular formula is C26H40ClN5O5. The molecule has 4 heterocycles. The molecule has 4 rings (SSSR count). The molecule has 1 N–H and O–H groups in total. The van der Waals surface area contributed by atoms with Gasteiger partial charge in [0.1, 0.15) is 5.65 Å². The number of amides is 2. The van der Waals surface area contributed by atoms with E-state index in [0.717, 1.165) is 5.69 Å². The van der Waals surface area contributed by atoms with Crippen molar-refractivity contribution in [3.8, 4) is 0 Å². The molecule has 37 heavy (non-hydrogen) atoms. The van der Waals surface area contributed by atoms with E-state index < -0.39 is 0 Å². The van der Waals surface area contributed by atoms with Crippen molar-refractivity contribution in [2.45, 2.75) is 32.9 Å². The normalized spacial score (nSPS) is 20.2. The molecule has 0 radical (unpaired) electrons. The summed E-state index contributed by atoms with van der Waals surface area (Å²) < 4.78 is 18.2. The SMILES string of the molecule is COCCOCc1c(C(=O)N(CC(C)C)[C@@H]2CNC[C@H](C(=O)N3CCOCC3)C2)nc2ccccn12.Cl. The minimum Gasteiger partial charge on any atom is -0.382 e. The summed E-state index contributed by atoms with van der Waals surface area (Å²) in [5.41, 5.74) is 1.84. The predicted molar refractivity (Wildman–Crippen MR) is 142 cm³/mol. The number of methoxy groups -OCH3 is 1. The number of nitrogens with zero attached hydrogens (tertiary/aromatic N) is 4. The Balaban J connectivity index is 0.00000380. The number of carbonyl (C=O) groups excluding carboxylic acids is 2. The number of carbonyl (C=O) groups is 2. The number of aromatic nitrogens is 2. The lowest BCUT2D eigenvalue weighted by atomic mass is 9.92. The Morgan fingerprint density at radius 1 is 1.22 bits per heavy atom. The molecule has 0 aliphatic carbocycles. The molecule has 2 aromatic rings. The minimum absolute atomic E-state index is 0. The third-order valence-corrected chi connectivity index (χ3v) is 6.76. The Kier molecular flexibility index (Phi) is 11.1. The monoisotopic (exact) mass is 537 g/mol. The van der Waals surface area contributed by atoms with Crippen molar-refractivity contribution in [3.05, 3.63) is 35.8 Å². The first kappa shape index (κ1) is 29.3. The second-order valence-electron chi connectivity index (χ2n) is 9.92. The van der Waals surface area contributed by atoms with E-state index in [2.05, 4.69) is 19.2 Å². The summed E-state index contributed by atoms with van der Waals surface area (Å²) in [5, 5.41) is 3.42. The fourth-order valence-electron chi connectivity index (χ4n) is 4.98. The number of halogens is 1. The van der Waals surface area contributed by atoms with Crippen LogP contribution in [0.3, 0.4) is 0 Å². The number of morpholine rings is 1. The number of fused-ring (bicyclic) bond motifs is 1. The van der Waals surface area contributed by atoms with Crippen LogP contribution in [0.25, 0.3) is 5.65 Å². The molecule has 2 fully saturated rings.